The predicted octanol–water partition coefficient (Wildman–Crippen LogP) is 3.12. The van der Waals surface area contributed by atoms with Gasteiger partial charge in [0, 0.05) is 13.6 Å². The molecule has 0 fully saturated rings. The van der Waals surface area contributed by atoms with Gasteiger partial charge in [-0.05, 0) is 24.1 Å². The van der Waals surface area contributed by atoms with Crippen molar-refractivity contribution in [1.29, 1.82) is 0 Å². The summed E-state index contributed by atoms with van der Waals surface area (Å²) >= 11 is 0. The van der Waals surface area contributed by atoms with Gasteiger partial charge in [-0.15, -0.1) is 5.10 Å². The van der Waals surface area contributed by atoms with Gasteiger partial charge in [0.25, 0.3) is 0 Å². The Hall–Kier alpha value is -3.19. The van der Waals surface area contributed by atoms with Gasteiger partial charge in [0.05, 0.1) is 32.1 Å². The molecule has 0 bridgehead atoms. The molecular formula is C21H24N4O3. The molecule has 0 aliphatic heterocycles. The van der Waals surface area contributed by atoms with Crippen LogP contribution in [0, 0.1) is 0 Å². The van der Waals surface area contributed by atoms with E-state index in [1.807, 2.05) is 60.5 Å². The summed E-state index contributed by atoms with van der Waals surface area (Å²) in [6.07, 6.45) is 1.58. The molecule has 7 heteroatoms. The number of rotatable bonds is 8. The molecule has 146 valence electrons. The fourth-order valence-electron chi connectivity index (χ4n) is 2.94. The lowest BCUT2D eigenvalue weighted by molar-refractivity contribution is 0.169. The molecule has 28 heavy (non-hydrogen) atoms. The Kier molecular flexibility index (Phi) is 6.39. The number of anilines is 1. The van der Waals surface area contributed by atoms with Crippen LogP contribution < -0.4 is 14.4 Å². The number of aliphatic hydroxyl groups is 1. The molecule has 1 atom stereocenters. The molecule has 0 aliphatic rings. The van der Waals surface area contributed by atoms with Crippen LogP contribution in [-0.2, 0) is 0 Å². The number of hydrogen-bond acceptors (Lipinski definition) is 7. The van der Waals surface area contributed by atoms with Gasteiger partial charge < -0.3 is 19.5 Å². The summed E-state index contributed by atoms with van der Waals surface area (Å²) in [7, 11) is 5.08. The maximum atomic E-state index is 10.4. The number of benzene rings is 2. The number of nitrogens with zero attached hydrogens (tertiary/aromatic N) is 4. The van der Waals surface area contributed by atoms with Crippen LogP contribution in [0.5, 0.6) is 11.5 Å². The number of ether oxygens (including phenoxy) is 2. The van der Waals surface area contributed by atoms with Crippen LogP contribution in [0.4, 0.5) is 5.95 Å². The second kappa shape index (κ2) is 9.14. The lowest BCUT2D eigenvalue weighted by Gasteiger charge is -2.19. The van der Waals surface area contributed by atoms with Crippen molar-refractivity contribution in [3.8, 4) is 22.8 Å². The van der Waals surface area contributed by atoms with Crippen LogP contribution >= 0.6 is 0 Å². The molecular weight excluding hydrogens is 356 g/mol. The lowest BCUT2D eigenvalue weighted by Crippen LogP contribution is -2.23. The maximum Gasteiger partial charge on any atom is 0.245 e. The molecule has 1 heterocycles. The van der Waals surface area contributed by atoms with Crippen molar-refractivity contribution in [2.75, 3.05) is 32.7 Å². The minimum absolute atomic E-state index is 0.464. The SMILES string of the molecule is COc1cccc(OC)c1-c1cnnc(N(C)CCC(O)c2ccccc2)n1. The molecule has 1 unspecified atom stereocenters. The van der Waals surface area contributed by atoms with Crippen molar-refractivity contribution in [1.82, 2.24) is 15.2 Å². The molecule has 0 saturated heterocycles. The van der Waals surface area contributed by atoms with Gasteiger partial charge in [0.1, 0.15) is 17.2 Å². The quantitative estimate of drug-likeness (QED) is 0.643. The standard InChI is InChI=1S/C21H24N4O3/c1-25(13-12-17(26)15-8-5-4-6-9-15)21-23-16(14-22-24-21)20-18(27-2)10-7-11-19(20)28-3/h4-11,14,17,26H,12-13H2,1-3H3. The summed E-state index contributed by atoms with van der Waals surface area (Å²) < 4.78 is 10.9. The number of aliphatic hydroxyl groups excluding tert-OH is 1. The zero-order valence-corrected chi connectivity index (χ0v) is 16.2. The molecule has 2 aromatic carbocycles. The monoisotopic (exact) mass is 380 g/mol. The van der Waals surface area contributed by atoms with E-state index in [4.69, 9.17) is 9.47 Å². The summed E-state index contributed by atoms with van der Waals surface area (Å²) in [4.78, 5) is 6.49. The van der Waals surface area contributed by atoms with E-state index in [9.17, 15) is 5.11 Å². The largest absolute Gasteiger partial charge is 0.496 e. The molecule has 0 radical (unpaired) electrons. The van der Waals surface area contributed by atoms with E-state index >= 15 is 0 Å². The first-order valence-corrected chi connectivity index (χ1v) is 8.99. The van der Waals surface area contributed by atoms with E-state index in [0.29, 0.717) is 36.1 Å². The molecule has 7 nitrogen and oxygen atoms in total. The Labute approximate surface area is 164 Å². The minimum Gasteiger partial charge on any atom is -0.496 e. The van der Waals surface area contributed by atoms with Crippen molar-refractivity contribution in [2.24, 2.45) is 0 Å². The Morgan fingerprint density at radius 2 is 1.68 bits per heavy atom. The van der Waals surface area contributed by atoms with Crippen LogP contribution in [0.25, 0.3) is 11.3 Å². The van der Waals surface area contributed by atoms with E-state index in [-0.39, 0.29) is 0 Å². The van der Waals surface area contributed by atoms with Crippen LogP contribution in [0.1, 0.15) is 18.1 Å². The molecule has 0 aliphatic carbocycles. The first-order valence-electron chi connectivity index (χ1n) is 8.99. The third-order valence-electron chi connectivity index (χ3n) is 4.50. The Balaban J connectivity index is 1.78. The highest BCUT2D eigenvalue weighted by Crippen LogP contribution is 2.37. The highest BCUT2D eigenvalue weighted by molar-refractivity contribution is 5.74. The van der Waals surface area contributed by atoms with Gasteiger partial charge in [-0.3, -0.25) is 0 Å². The van der Waals surface area contributed by atoms with Gasteiger partial charge in [-0.1, -0.05) is 36.4 Å². The Morgan fingerprint density at radius 1 is 1.00 bits per heavy atom. The normalized spacial score (nSPS) is 11.7. The fraction of sp³-hybridized carbons (Fsp3) is 0.286. The topological polar surface area (TPSA) is 80.6 Å². The van der Waals surface area contributed by atoms with Crippen molar-refractivity contribution in [3.63, 3.8) is 0 Å². The maximum absolute atomic E-state index is 10.4. The zero-order chi connectivity index (χ0) is 19.9. The van der Waals surface area contributed by atoms with Crippen LogP contribution in [0.2, 0.25) is 0 Å². The Morgan fingerprint density at radius 3 is 2.32 bits per heavy atom. The van der Waals surface area contributed by atoms with Crippen molar-refractivity contribution in [2.45, 2.75) is 12.5 Å². The van der Waals surface area contributed by atoms with Gasteiger partial charge in [-0.25, -0.2) is 4.98 Å². The number of aromatic nitrogens is 3. The third-order valence-corrected chi connectivity index (χ3v) is 4.50. The third kappa shape index (κ3) is 4.37. The highest BCUT2D eigenvalue weighted by atomic mass is 16.5. The average Bonchev–Trinajstić information content (AvgIpc) is 2.77. The molecule has 1 N–H and O–H groups in total. The van der Waals surface area contributed by atoms with Gasteiger partial charge in [-0.2, -0.15) is 5.10 Å². The number of methoxy groups -OCH3 is 2. The molecule has 0 amide bonds. The van der Waals surface area contributed by atoms with E-state index in [1.165, 1.54) is 0 Å². The van der Waals surface area contributed by atoms with E-state index in [2.05, 4.69) is 15.2 Å². The smallest absolute Gasteiger partial charge is 0.245 e. The predicted molar refractivity (Wildman–Crippen MR) is 108 cm³/mol. The van der Waals surface area contributed by atoms with Crippen molar-refractivity contribution < 1.29 is 14.6 Å². The highest BCUT2D eigenvalue weighted by Gasteiger charge is 2.17. The first-order chi connectivity index (χ1) is 13.6. The molecule has 0 spiro atoms. The second-order valence-corrected chi connectivity index (χ2v) is 6.32. The van der Waals surface area contributed by atoms with Gasteiger partial charge in [0.15, 0.2) is 0 Å². The van der Waals surface area contributed by atoms with E-state index in [0.717, 1.165) is 11.1 Å². The van der Waals surface area contributed by atoms with Gasteiger partial charge in [0.2, 0.25) is 5.95 Å². The average molecular weight is 380 g/mol. The van der Waals surface area contributed by atoms with Gasteiger partial charge >= 0.3 is 0 Å². The summed E-state index contributed by atoms with van der Waals surface area (Å²) in [5, 5.41) is 18.6. The summed E-state index contributed by atoms with van der Waals surface area (Å²) in [5.41, 5.74) is 2.22. The minimum atomic E-state index is -0.547. The number of hydrogen-bond donors (Lipinski definition) is 1. The zero-order valence-electron chi connectivity index (χ0n) is 16.2. The van der Waals surface area contributed by atoms with Crippen LogP contribution in [-0.4, -0.2) is 48.1 Å². The molecule has 3 rings (SSSR count). The molecule has 3 aromatic rings. The lowest BCUT2D eigenvalue weighted by atomic mass is 10.1. The van der Waals surface area contributed by atoms with Crippen LogP contribution in [0.3, 0.4) is 0 Å². The fourth-order valence-corrected chi connectivity index (χ4v) is 2.94. The first kappa shape index (κ1) is 19.6. The molecule has 0 saturated carbocycles. The van der Waals surface area contributed by atoms with Crippen molar-refractivity contribution in [3.05, 3.63) is 60.3 Å². The summed E-state index contributed by atoms with van der Waals surface area (Å²) in [6, 6.07) is 15.1. The molecule has 1 aromatic heterocycles. The summed E-state index contributed by atoms with van der Waals surface area (Å²) in [6.45, 7) is 0.574. The van der Waals surface area contributed by atoms with Crippen LogP contribution in [0.15, 0.2) is 54.7 Å². The van der Waals surface area contributed by atoms with E-state index < -0.39 is 6.10 Å². The summed E-state index contributed by atoms with van der Waals surface area (Å²) in [5.74, 6) is 1.76. The van der Waals surface area contributed by atoms with Crippen molar-refractivity contribution >= 4 is 5.95 Å². The Bertz CT molecular complexity index is 883. The second-order valence-electron chi connectivity index (χ2n) is 6.32. The van der Waals surface area contributed by atoms with E-state index in [1.54, 1.807) is 20.4 Å².